The van der Waals surface area contributed by atoms with E-state index in [1.165, 1.54) is 0 Å². The molecule has 134 valence electrons. The van der Waals surface area contributed by atoms with E-state index in [0.717, 1.165) is 47.7 Å². The highest BCUT2D eigenvalue weighted by Gasteiger charge is 2.25. The number of likely N-dealkylation sites (tertiary alicyclic amines) is 1. The molecular weight excluding hydrogens is 318 g/mol. The topological polar surface area (TPSA) is 27.6 Å². The normalized spacial score (nSPS) is 17.5. The van der Waals surface area contributed by atoms with Crippen molar-refractivity contribution >= 4 is 18.0 Å². The van der Waals surface area contributed by atoms with E-state index in [0.29, 0.717) is 5.92 Å². The Morgan fingerprint density at radius 3 is 2.69 bits per heavy atom. The minimum absolute atomic E-state index is 0.385. The first-order valence-electron chi connectivity index (χ1n) is 8.67. The third-order valence-electron chi connectivity index (χ3n) is 4.50. The van der Waals surface area contributed by atoms with Gasteiger partial charge in [0.05, 0.1) is 0 Å². The smallest absolute Gasteiger partial charge is 0.0387 e. The van der Waals surface area contributed by atoms with Crippen molar-refractivity contribution in [3.05, 3.63) is 98.0 Å². The number of hydrogen-bond donors (Lipinski definition) is 1. The molecule has 3 nitrogen and oxygen atoms in total. The van der Waals surface area contributed by atoms with Crippen LogP contribution in [-0.2, 0) is 0 Å². The van der Waals surface area contributed by atoms with Gasteiger partial charge < -0.3 is 10.2 Å². The van der Waals surface area contributed by atoms with Crippen molar-refractivity contribution in [1.29, 1.82) is 0 Å². The van der Waals surface area contributed by atoms with Crippen LogP contribution in [0.4, 0.5) is 5.69 Å². The monoisotopic (exact) mass is 345 g/mol. The molecule has 3 heteroatoms. The summed E-state index contributed by atoms with van der Waals surface area (Å²) in [4.78, 5) is 6.15. The van der Waals surface area contributed by atoms with Crippen molar-refractivity contribution in [3.63, 3.8) is 0 Å². The summed E-state index contributed by atoms with van der Waals surface area (Å²) in [5, 5.41) is 3.46. The fourth-order valence-electron chi connectivity index (χ4n) is 3.11. The lowest BCUT2D eigenvalue weighted by molar-refractivity contribution is 0.427. The molecule has 0 aromatic heterocycles. The molecule has 1 atom stereocenters. The van der Waals surface area contributed by atoms with Gasteiger partial charge in [-0.1, -0.05) is 50.6 Å². The van der Waals surface area contributed by atoms with Crippen LogP contribution in [0.3, 0.4) is 0 Å². The minimum atomic E-state index is 0.385. The maximum Gasteiger partial charge on any atom is 0.0387 e. The fourth-order valence-corrected chi connectivity index (χ4v) is 3.11. The van der Waals surface area contributed by atoms with Gasteiger partial charge in [0, 0.05) is 42.3 Å². The Hall–Kier alpha value is -3.07. The average Bonchev–Trinajstić information content (AvgIpc) is 3.14. The number of hydrogen-bond acceptors (Lipinski definition) is 3. The van der Waals surface area contributed by atoms with Gasteiger partial charge in [-0.05, 0) is 48.6 Å². The molecule has 1 aliphatic rings. The zero-order chi connectivity index (χ0) is 18.9. The molecule has 0 amide bonds. The molecule has 0 aliphatic carbocycles. The lowest BCUT2D eigenvalue weighted by Crippen LogP contribution is -2.20. The number of nitrogens with zero attached hydrogens (tertiary/aromatic N) is 2. The van der Waals surface area contributed by atoms with Gasteiger partial charge in [-0.15, -0.1) is 0 Å². The number of nitrogens with one attached hydrogen (secondary N) is 1. The van der Waals surface area contributed by atoms with Gasteiger partial charge in [-0.2, -0.15) is 0 Å². The fraction of sp³-hybridized carbons (Fsp3) is 0.174. The van der Waals surface area contributed by atoms with E-state index in [1.807, 2.05) is 30.4 Å². The van der Waals surface area contributed by atoms with Crippen LogP contribution in [0.2, 0.25) is 0 Å². The molecule has 1 N–H and O–H groups in total. The summed E-state index contributed by atoms with van der Waals surface area (Å²) in [5.41, 5.74) is 5.12. The van der Waals surface area contributed by atoms with E-state index in [2.05, 4.69) is 54.3 Å². The molecule has 26 heavy (non-hydrogen) atoms. The molecule has 0 radical (unpaired) electrons. The molecule has 1 heterocycles. The van der Waals surface area contributed by atoms with Crippen molar-refractivity contribution in [2.75, 3.05) is 18.4 Å². The quantitative estimate of drug-likeness (QED) is 0.478. The molecule has 0 spiro atoms. The summed E-state index contributed by atoms with van der Waals surface area (Å²) in [6.07, 6.45) is 10.2. The van der Waals surface area contributed by atoms with Crippen molar-refractivity contribution in [2.24, 2.45) is 10.9 Å². The van der Waals surface area contributed by atoms with Crippen molar-refractivity contribution in [1.82, 2.24) is 4.90 Å². The Balaban J connectivity index is 2.07. The predicted octanol–water partition coefficient (Wildman–Crippen LogP) is 5.42. The van der Waals surface area contributed by atoms with Gasteiger partial charge in [0.25, 0.3) is 0 Å². The SMILES string of the molecule is C=C/C=C(\C=C)N1CCC(C(=C)Nc2cccc(/C(C=C)=C/N=C)c2)C1. The van der Waals surface area contributed by atoms with Crippen LogP contribution in [0.25, 0.3) is 5.57 Å². The van der Waals surface area contributed by atoms with Gasteiger partial charge in [0.15, 0.2) is 0 Å². The molecule has 1 saturated heterocycles. The van der Waals surface area contributed by atoms with Gasteiger partial charge >= 0.3 is 0 Å². The average molecular weight is 345 g/mol. The Kier molecular flexibility index (Phi) is 6.98. The zero-order valence-corrected chi connectivity index (χ0v) is 15.3. The molecule has 1 aromatic carbocycles. The maximum absolute atomic E-state index is 4.26. The highest BCUT2D eigenvalue weighted by Crippen LogP contribution is 2.28. The Labute approximate surface area is 157 Å². The number of allylic oxidation sites excluding steroid dienone is 5. The highest BCUT2D eigenvalue weighted by atomic mass is 15.2. The summed E-state index contributed by atoms with van der Waals surface area (Å²) in [6.45, 7) is 21.2. The third kappa shape index (κ3) is 4.73. The summed E-state index contributed by atoms with van der Waals surface area (Å²) >= 11 is 0. The molecule has 1 fully saturated rings. The minimum Gasteiger partial charge on any atom is -0.371 e. The zero-order valence-electron chi connectivity index (χ0n) is 15.3. The van der Waals surface area contributed by atoms with E-state index in [1.54, 1.807) is 18.4 Å². The maximum atomic E-state index is 4.26. The second-order valence-corrected chi connectivity index (χ2v) is 6.17. The molecular formula is C23H27N3. The van der Waals surface area contributed by atoms with Gasteiger partial charge in [-0.3, -0.25) is 4.99 Å². The molecule has 0 saturated carbocycles. The lowest BCUT2D eigenvalue weighted by atomic mass is 10.0. The van der Waals surface area contributed by atoms with Crippen LogP contribution in [0.5, 0.6) is 0 Å². The van der Waals surface area contributed by atoms with E-state index < -0.39 is 0 Å². The molecule has 0 bridgehead atoms. The Morgan fingerprint density at radius 2 is 2.04 bits per heavy atom. The molecule has 1 unspecified atom stereocenters. The first-order chi connectivity index (χ1) is 12.6. The van der Waals surface area contributed by atoms with Gasteiger partial charge in [0.1, 0.15) is 0 Å². The van der Waals surface area contributed by atoms with E-state index >= 15 is 0 Å². The van der Waals surface area contributed by atoms with Gasteiger partial charge in [0.2, 0.25) is 0 Å². The van der Waals surface area contributed by atoms with Crippen LogP contribution in [0.15, 0.2) is 97.5 Å². The Morgan fingerprint density at radius 1 is 1.23 bits per heavy atom. The van der Waals surface area contributed by atoms with Crippen LogP contribution in [0.1, 0.15) is 12.0 Å². The largest absolute Gasteiger partial charge is 0.371 e. The van der Waals surface area contributed by atoms with Gasteiger partial charge in [-0.25, -0.2) is 0 Å². The highest BCUT2D eigenvalue weighted by molar-refractivity contribution is 5.76. The first-order valence-corrected chi connectivity index (χ1v) is 8.67. The summed E-state index contributed by atoms with van der Waals surface area (Å²) < 4.78 is 0. The summed E-state index contributed by atoms with van der Waals surface area (Å²) in [5.74, 6) is 0.385. The van der Waals surface area contributed by atoms with E-state index in [4.69, 9.17) is 0 Å². The van der Waals surface area contributed by atoms with E-state index in [9.17, 15) is 0 Å². The number of benzene rings is 1. The standard InChI is InChI=1S/C23H27N3/c1-6-10-23(8-3)26-14-13-21(17-26)18(4)25-22-12-9-11-20(15-22)19(7-2)16-24-5/h6-12,15-16,21,25H,1-5,13-14,17H2/b19-16+,23-10+. The van der Waals surface area contributed by atoms with E-state index in [-0.39, 0.29) is 0 Å². The Bertz CT molecular complexity index is 767. The van der Waals surface area contributed by atoms with Crippen LogP contribution >= 0.6 is 0 Å². The molecule has 1 aromatic rings. The summed E-state index contributed by atoms with van der Waals surface area (Å²) in [6, 6.07) is 8.15. The lowest BCUT2D eigenvalue weighted by Gasteiger charge is -2.21. The van der Waals surface area contributed by atoms with Crippen molar-refractivity contribution in [3.8, 4) is 0 Å². The first kappa shape index (κ1) is 19.3. The van der Waals surface area contributed by atoms with Crippen molar-refractivity contribution in [2.45, 2.75) is 6.42 Å². The molecule has 1 aliphatic heterocycles. The second-order valence-electron chi connectivity index (χ2n) is 6.17. The van der Waals surface area contributed by atoms with Crippen molar-refractivity contribution < 1.29 is 0 Å². The third-order valence-corrected chi connectivity index (χ3v) is 4.50. The predicted molar refractivity (Wildman–Crippen MR) is 115 cm³/mol. The molecule has 2 rings (SSSR count). The number of rotatable bonds is 9. The number of aliphatic imine (C=N–C) groups is 1. The summed E-state index contributed by atoms with van der Waals surface area (Å²) in [7, 11) is 0. The second kappa shape index (κ2) is 9.42. The van der Waals surface area contributed by atoms with Crippen LogP contribution in [-0.4, -0.2) is 24.7 Å². The van der Waals surface area contributed by atoms with Crippen LogP contribution < -0.4 is 5.32 Å². The number of anilines is 1. The van der Waals surface area contributed by atoms with Crippen LogP contribution in [0, 0.1) is 5.92 Å².